The lowest BCUT2D eigenvalue weighted by Crippen LogP contribution is -2.46. The van der Waals surface area contributed by atoms with Crippen molar-refractivity contribution in [1.29, 1.82) is 0 Å². The SMILES string of the molecule is O=C(CC1CCCCC1)N1CCNCC1. The van der Waals surface area contributed by atoms with Gasteiger partial charge in [0.15, 0.2) is 0 Å². The first-order valence-electron chi connectivity index (χ1n) is 6.35. The smallest absolute Gasteiger partial charge is 0.222 e. The zero-order valence-corrected chi connectivity index (χ0v) is 9.50. The number of nitrogens with one attached hydrogen (secondary N) is 1. The lowest BCUT2D eigenvalue weighted by atomic mass is 9.86. The second-order valence-electron chi connectivity index (χ2n) is 4.84. The summed E-state index contributed by atoms with van der Waals surface area (Å²) in [6.07, 6.45) is 7.40. The summed E-state index contributed by atoms with van der Waals surface area (Å²) in [7, 11) is 0. The van der Waals surface area contributed by atoms with E-state index in [1.54, 1.807) is 0 Å². The average Bonchev–Trinajstić information content (AvgIpc) is 2.31. The molecule has 3 nitrogen and oxygen atoms in total. The van der Waals surface area contributed by atoms with Gasteiger partial charge in [0.1, 0.15) is 0 Å². The fourth-order valence-electron chi connectivity index (χ4n) is 2.68. The van der Waals surface area contributed by atoms with E-state index in [-0.39, 0.29) is 0 Å². The molecule has 1 aliphatic carbocycles. The molecule has 0 radical (unpaired) electrons. The Kier molecular flexibility index (Phi) is 4.01. The predicted octanol–water partition coefficient (Wildman–Crippen LogP) is 1.39. The molecule has 0 unspecified atom stereocenters. The third-order valence-electron chi connectivity index (χ3n) is 3.66. The minimum absolute atomic E-state index is 0.392. The summed E-state index contributed by atoms with van der Waals surface area (Å²) in [5, 5.41) is 3.28. The summed E-state index contributed by atoms with van der Waals surface area (Å²) >= 11 is 0. The zero-order valence-electron chi connectivity index (χ0n) is 9.50. The monoisotopic (exact) mass is 210 g/mol. The largest absolute Gasteiger partial charge is 0.340 e. The Labute approximate surface area is 92.2 Å². The molecule has 2 rings (SSSR count). The van der Waals surface area contributed by atoms with E-state index in [0.717, 1.165) is 32.6 Å². The van der Waals surface area contributed by atoms with Crippen molar-refractivity contribution >= 4 is 5.91 Å². The van der Waals surface area contributed by atoms with E-state index in [1.807, 2.05) is 4.90 Å². The Morgan fingerprint density at radius 3 is 2.47 bits per heavy atom. The second-order valence-corrected chi connectivity index (χ2v) is 4.84. The maximum Gasteiger partial charge on any atom is 0.222 e. The molecular formula is C12H22N2O. The molecule has 0 spiro atoms. The van der Waals surface area contributed by atoms with Gasteiger partial charge in [-0.05, 0) is 18.8 Å². The van der Waals surface area contributed by atoms with Crippen LogP contribution in [0.5, 0.6) is 0 Å². The highest BCUT2D eigenvalue weighted by Gasteiger charge is 2.21. The zero-order chi connectivity index (χ0) is 10.5. The number of carbonyl (C=O) groups excluding carboxylic acids is 1. The van der Waals surface area contributed by atoms with Crippen molar-refractivity contribution in [2.45, 2.75) is 38.5 Å². The van der Waals surface area contributed by atoms with E-state index in [4.69, 9.17) is 0 Å². The first-order chi connectivity index (χ1) is 7.36. The minimum atomic E-state index is 0.392. The van der Waals surface area contributed by atoms with Crippen LogP contribution < -0.4 is 5.32 Å². The normalized spacial score (nSPS) is 24.1. The molecule has 0 bridgehead atoms. The van der Waals surface area contributed by atoms with Crippen LogP contribution in [0.15, 0.2) is 0 Å². The van der Waals surface area contributed by atoms with Gasteiger partial charge in [0.25, 0.3) is 0 Å². The van der Waals surface area contributed by atoms with Gasteiger partial charge in [-0.15, -0.1) is 0 Å². The molecule has 1 saturated heterocycles. The highest BCUT2D eigenvalue weighted by molar-refractivity contribution is 5.76. The molecule has 1 amide bonds. The van der Waals surface area contributed by atoms with E-state index in [0.29, 0.717) is 11.8 Å². The average molecular weight is 210 g/mol. The van der Waals surface area contributed by atoms with Crippen molar-refractivity contribution < 1.29 is 4.79 Å². The Hall–Kier alpha value is -0.570. The fraction of sp³-hybridized carbons (Fsp3) is 0.917. The first kappa shape index (κ1) is 10.9. The minimum Gasteiger partial charge on any atom is -0.340 e. The van der Waals surface area contributed by atoms with Crippen LogP contribution >= 0.6 is 0 Å². The summed E-state index contributed by atoms with van der Waals surface area (Å²) in [5.74, 6) is 1.07. The summed E-state index contributed by atoms with van der Waals surface area (Å²) in [5.41, 5.74) is 0. The van der Waals surface area contributed by atoms with Crippen molar-refractivity contribution in [3.8, 4) is 0 Å². The van der Waals surface area contributed by atoms with Crippen molar-refractivity contribution in [3.05, 3.63) is 0 Å². The number of carbonyl (C=O) groups is 1. The third-order valence-corrected chi connectivity index (χ3v) is 3.66. The van der Waals surface area contributed by atoms with Crippen molar-refractivity contribution in [2.75, 3.05) is 26.2 Å². The topological polar surface area (TPSA) is 32.3 Å². The van der Waals surface area contributed by atoms with Crippen LogP contribution in [0.3, 0.4) is 0 Å². The molecule has 1 heterocycles. The molecule has 2 fully saturated rings. The second kappa shape index (κ2) is 5.50. The number of piperazine rings is 1. The van der Waals surface area contributed by atoms with E-state index >= 15 is 0 Å². The molecule has 0 aromatic carbocycles. The van der Waals surface area contributed by atoms with Gasteiger partial charge in [0.2, 0.25) is 5.91 Å². The molecule has 1 aliphatic heterocycles. The lowest BCUT2D eigenvalue weighted by molar-refractivity contribution is -0.133. The van der Waals surface area contributed by atoms with E-state index in [9.17, 15) is 4.79 Å². The van der Waals surface area contributed by atoms with Crippen LogP contribution in [0.4, 0.5) is 0 Å². The Balaban J connectivity index is 1.74. The van der Waals surface area contributed by atoms with Crippen LogP contribution in [-0.2, 0) is 4.79 Å². The highest BCUT2D eigenvalue weighted by atomic mass is 16.2. The van der Waals surface area contributed by atoms with Crippen LogP contribution in [0, 0.1) is 5.92 Å². The van der Waals surface area contributed by atoms with Gasteiger partial charge in [0, 0.05) is 32.6 Å². The number of nitrogens with zero attached hydrogens (tertiary/aromatic N) is 1. The van der Waals surface area contributed by atoms with Crippen molar-refractivity contribution in [1.82, 2.24) is 10.2 Å². The van der Waals surface area contributed by atoms with Crippen molar-refractivity contribution in [2.24, 2.45) is 5.92 Å². The van der Waals surface area contributed by atoms with E-state index < -0.39 is 0 Å². The summed E-state index contributed by atoms with van der Waals surface area (Å²) < 4.78 is 0. The fourth-order valence-corrected chi connectivity index (χ4v) is 2.68. The number of rotatable bonds is 2. The Bertz CT molecular complexity index is 206. The predicted molar refractivity (Wildman–Crippen MR) is 60.6 cm³/mol. The number of hydrogen-bond donors (Lipinski definition) is 1. The lowest BCUT2D eigenvalue weighted by Gasteiger charge is -2.30. The first-order valence-corrected chi connectivity index (χ1v) is 6.35. The van der Waals surface area contributed by atoms with Gasteiger partial charge in [-0.2, -0.15) is 0 Å². The van der Waals surface area contributed by atoms with Crippen LogP contribution in [0.2, 0.25) is 0 Å². The number of amides is 1. The molecular weight excluding hydrogens is 188 g/mol. The van der Waals surface area contributed by atoms with Gasteiger partial charge in [-0.25, -0.2) is 0 Å². The Morgan fingerprint density at radius 2 is 1.80 bits per heavy atom. The molecule has 0 aromatic heterocycles. The summed E-state index contributed by atoms with van der Waals surface area (Å²) in [6.45, 7) is 3.75. The molecule has 86 valence electrons. The molecule has 15 heavy (non-hydrogen) atoms. The van der Waals surface area contributed by atoms with Crippen LogP contribution in [-0.4, -0.2) is 37.0 Å². The van der Waals surface area contributed by atoms with Crippen molar-refractivity contribution in [3.63, 3.8) is 0 Å². The van der Waals surface area contributed by atoms with Gasteiger partial charge in [0.05, 0.1) is 0 Å². The van der Waals surface area contributed by atoms with Gasteiger partial charge < -0.3 is 10.2 Å². The van der Waals surface area contributed by atoms with Crippen LogP contribution in [0.1, 0.15) is 38.5 Å². The standard InChI is InChI=1S/C12H22N2O/c15-12(14-8-6-13-7-9-14)10-11-4-2-1-3-5-11/h11,13H,1-10H2. The molecule has 2 aliphatic rings. The molecule has 3 heteroatoms. The van der Waals surface area contributed by atoms with Gasteiger partial charge in [-0.1, -0.05) is 19.3 Å². The molecule has 0 atom stereocenters. The summed E-state index contributed by atoms with van der Waals surface area (Å²) in [4.78, 5) is 14.0. The quantitative estimate of drug-likeness (QED) is 0.747. The highest BCUT2D eigenvalue weighted by Crippen LogP contribution is 2.26. The van der Waals surface area contributed by atoms with E-state index in [1.165, 1.54) is 32.1 Å². The third kappa shape index (κ3) is 3.20. The van der Waals surface area contributed by atoms with Crippen LogP contribution in [0.25, 0.3) is 0 Å². The van der Waals surface area contributed by atoms with E-state index in [2.05, 4.69) is 5.32 Å². The Morgan fingerprint density at radius 1 is 1.13 bits per heavy atom. The number of hydrogen-bond acceptors (Lipinski definition) is 2. The van der Waals surface area contributed by atoms with Gasteiger partial charge in [-0.3, -0.25) is 4.79 Å². The molecule has 1 N–H and O–H groups in total. The maximum absolute atomic E-state index is 12.0. The van der Waals surface area contributed by atoms with Gasteiger partial charge >= 0.3 is 0 Å². The summed E-state index contributed by atoms with van der Waals surface area (Å²) in [6, 6.07) is 0. The maximum atomic E-state index is 12.0. The molecule has 0 aromatic rings. The molecule has 1 saturated carbocycles.